The van der Waals surface area contributed by atoms with Crippen LogP contribution in [-0.4, -0.2) is 23.6 Å². The summed E-state index contributed by atoms with van der Waals surface area (Å²) in [5, 5.41) is 6.28. The zero-order chi connectivity index (χ0) is 13.9. The van der Waals surface area contributed by atoms with Gasteiger partial charge in [-0.3, -0.25) is 0 Å². The van der Waals surface area contributed by atoms with Crippen LogP contribution in [0.4, 0.5) is 5.82 Å². The van der Waals surface area contributed by atoms with Gasteiger partial charge in [0, 0.05) is 13.7 Å². The number of rotatable bonds is 6. The summed E-state index contributed by atoms with van der Waals surface area (Å²) in [5.41, 5.74) is -0.376. The molecule has 0 aromatic carbocycles. The van der Waals surface area contributed by atoms with E-state index >= 15 is 0 Å². The van der Waals surface area contributed by atoms with E-state index in [0.29, 0.717) is 6.61 Å². The molecule has 1 N–H and O–H groups in total. The Balaban J connectivity index is 2.59. The number of ether oxygens (including phenoxy) is 1. The first-order valence-corrected chi connectivity index (χ1v) is 7.66. The summed E-state index contributed by atoms with van der Waals surface area (Å²) in [5.74, 6) is 1.67. The highest BCUT2D eigenvalue weighted by atomic mass is 32.1. The fourth-order valence-electron chi connectivity index (χ4n) is 2.36. The van der Waals surface area contributed by atoms with E-state index in [9.17, 15) is 0 Å². The smallest absolute Gasteiger partial charge is 0.164 e. The van der Waals surface area contributed by atoms with Crippen LogP contribution in [0.5, 0.6) is 0 Å². The molecule has 19 heavy (non-hydrogen) atoms. The monoisotopic (exact) mass is 279 g/mol. The maximum atomic E-state index is 5.99. The number of aromatic nitrogens is 2. The number of thiophene rings is 1. The predicted molar refractivity (Wildman–Crippen MR) is 80.8 cm³/mol. The minimum Gasteiger partial charge on any atom is -0.372 e. The quantitative estimate of drug-likeness (QED) is 0.874. The van der Waals surface area contributed by atoms with Crippen molar-refractivity contribution in [1.29, 1.82) is 0 Å². The molecule has 0 saturated heterocycles. The fourth-order valence-corrected chi connectivity index (χ4v) is 3.12. The molecule has 2 aromatic rings. The van der Waals surface area contributed by atoms with E-state index in [-0.39, 0.29) is 5.60 Å². The van der Waals surface area contributed by atoms with Crippen molar-refractivity contribution in [2.75, 3.05) is 19.0 Å². The van der Waals surface area contributed by atoms with Gasteiger partial charge in [-0.05, 0) is 31.2 Å². The lowest BCUT2D eigenvalue weighted by molar-refractivity contribution is -0.0567. The molecule has 5 heteroatoms. The maximum absolute atomic E-state index is 5.99. The Bertz CT molecular complexity index is 549. The first-order chi connectivity index (χ1) is 9.20. The standard InChI is InChI=1S/C14H21N3OS/c1-5-14(6-2,18-7-3)13-16-11(15-4)10-8-9-19-12(10)17-13/h8-9H,5-7H2,1-4H3,(H,15,16,17). The molecule has 0 bridgehead atoms. The van der Waals surface area contributed by atoms with Gasteiger partial charge in [-0.15, -0.1) is 11.3 Å². The molecule has 0 unspecified atom stereocenters. The van der Waals surface area contributed by atoms with Crippen LogP contribution in [0.1, 0.15) is 39.4 Å². The number of anilines is 1. The molecule has 2 heterocycles. The van der Waals surface area contributed by atoms with Gasteiger partial charge in [0.2, 0.25) is 0 Å². The molecule has 0 radical (unpaired) electrons. The molecular weight excluding hydrogens is 258 g/mol. The lowest BCUT2D eigenvalue weighted by Crippen LogP contribution is -2.31. The van der Waals surface area contributed by atoms with Gasteiger partial charge < -0.3 is 10.1 Å². The minimum absolute atomic E-state index is 0.376. The molecule has 0 aliphatic carbocycles. The molecule has 2 aromatic heterocycles. The van der Waals surface area contributed by atoms with Gasteiger partial charge in [-0.25, -0.2) is 9.97 Å². The SMILES string of the molecule is CCOC(CC)(CC)c1nc(NC)c2ccsc2n1. The highest BCUT2D eigenvalue weighted by molar-refractivity contribution is 7.16. The van der Waals surface area contributed by atoms with Crippen molar-refractivity contribution in [3.63, 3.8) is 0 Å². The van der Waals surface area contributed by atoms with Crippen LogP contribution < -0.4 is 5.32 Å². The first-order valence-electron chi connectivity index (χ1n) is 6.78. The van der Waals surface area contributed by atoms with Gasteiger partial charge >= 0.3 is 0 Å². The Hall–Kier alpha value is -1.20. The Labute approximate surface area is 118 Å². The topological polar surface area (TPSA) is 47.0 Å². The van der Waals surface area contributed by atoms with Crippen molar-refractivity contribution in [3.05, 3.63) is 17.3 Å². The Morgan fingerprint density at radius 1 is 1.26 bits per heavy atom. The van der Waals surface area contributed by atoms with Crippen LogP contribution in [0, 0.1) is 0 Å². The lowest BCUT2D eigenvalue weighted by Gasteiger charge is -2.30. The lowest BCUT2D eigenvalue weighted by atomic mass is 9.96. The molecule has 2 rings (SSSR count). The highest BCUT2D eigenvalue weighted by Gasteiger charge is 2.33. The molecule has 0 amide bonds. The zero-order valence-corrected chi connectivity index (χ0v) is 12.8. The summed E-state index contributed by atoms with van der Waals surface area (Å²) >= 11 is 1.64. The molecule has 0 spiro atoms. The predicted octanol–water partition coefficient (Wildman–Crippen LogP) is 3.78. The fraction of sp³-hybridized carbons (Fsp3) is 0.571. The third-order valence-corrected chi connectivity index (χ3v) is 4.34. The summed E-state index contributed by atoms with van der Waals surface area (Å²) in [4.78, 5) is 10.4. The van der Waals surface area contributed by atoms with E-state index in [1.807, 2.05) is 19.4 Å². The number of fused-ring (bicyclic) bond motifs is 1. The van der Waals surface area contributed by atoms with Crippen LogP contribution in [0.25, 0.3) is 10.2 Å². The summed E-state index contributed by atoms with van der Waals surface area (Å²) in [6.07, 6.45) is 1.74. The minimum atomic E-state index is -0.376. The average Bonchev–Trinajstić information content (AvgIpc) is 2.92. The number of nitrogens with one attached hydrogen (secondary N) is 1. The number of hydrogen-bond acceptors (Lipinski definition) is 5. The molecule has 0 saturated carbocycles. The summed E-state index contributed by atoms with van der Waals surface area (Å²) in [6.45, 7) is 6.94. The third kappa shape index (κ3) is 2.44. The van der Waals surface area contributed by atoms with Gasteiger partial charge in [0.1, 0.15) is 16.2 Å². The Morgan fingerprint density at radius 2 is 2.00 bits per heavy atom. The van der Waals surface area contributed by atoms with Crippen LogP contribution in [0.2, 0.25) is 0 Å². The second-order valence-corrected chi connectivity index (χ2v) is 5.31. The largest absolute Gasteiger partial charge is 0.372 e. The molecule has 0 atom stereocenters. The number of nitrogens with zero attached hydrogens (tertiary/aromatic N) is 2. The van der Waals surface area contributed by atoms with E-state index in [0.717, 1.165) is 34.7 Å². The van der Waals surface area contributed by atoms with Crippen molar-refractivity contribution in [2.24, 2.45) is 0 Å². The van der Waals surface area contributed by atoms with E-state index in [4.69, 9.17) is 9.72 Å². The van der Waals surface area contributed by atoms with Crippen LogP contribution >= 0.6 is 11.3 Å². The van der Waals surface area contributed by atoms with Crippen molar-refractivity contribution in [2.45, 2.75) is 39.2 Å². The second-order valence-electron chi connectivity index (χ2n) is 4.42. The second kappa shape index (κ2) is 5.84. The normalized spacial score (nSPS) is 12.0. The van der Waals surface area contributed by atoms with Crippen molar-refractivity contribution in [1.82, 2.24) is 9.97 Å². The van der Waals surface area contributed by atoms with Crippen LogP contribution in [0.3, 0.4) is 0 Å². The van der Waals surface area contributed by atoms with Gasteiger partial charge in [0.25, 0.3) is 0 Å². The highest BCUT2D eigenvalue weighted by Crippen LogP contribution is 2.34. The molecule has 0 aliphatic rings. The van der Waals surface area contributed by atoms with Crippen molar-refractivity contribution in [3.8, 4) is 0 Å². The average molecular weight is 279 g/mol. The maximum Gasteiger partial charge on any atom is 0.164 e. The van der Waals surface area contributed by atoms with Crippen molar-refractivity contribution >= 4 is 27.4 Å². The summed E-state index contributed by atoms with van der Waals surface area (Å²) < 4.78 is 5.99. The van der Waals surface area contributed by atoms with E-state index in [2.05, 4.69) is 30.2 Å². The van der Waals surface area contributed by atoms with E-state index < -0.39 is 0 Å². The Kier molecular flexibility index (Phi) is 4.37. The molecular formula is C14H21N3OS. The molecule has 0 aliphatic heterocycles. The Morgan fingerprint density at radius 3 is 2.58 bits per heavy atom. The first kappa shape index (κ1) is 14.2. The molecule has 104 valence electrons. The summed E-state index contributed by atoms with van der Waals surface area (Å²) in [6, 6.07) is 2.05. The molecule has 0 fully saturated rings. The van der Waals surface area contributed by atoms with Gasteiger partial charge in [-0.2, -0.15) is 0 Å². The summed E-state index contributed by atoms with van der Waals surface area (Å²) in [7, 11) is 1.89. The van der Waals surface area contributed by atoms with Gasteiger partial charge in [0.15, 0.2) is 5.82 Å². The van der Waals surface area contributed by atoms with Gasteiger partial charge in [0.05, 0.1) is 5.39 Å². The zero-order valence-electron chi connectivity index (χ0n) is 12.0. The third-order valence-electron chi connectivity index (χ3n) is 3.53. The van der Waals surface area contributed by atoms with Crippen LogP contribution in [-0.2, 0) is 10.3 Å². The number of hydrogen-bond donors (Lipinski definition) is 1. The van der Waals surface area contributed by atoms with E-state index in [1.54, 1.807) is 11.3 Å². The van der Waals surface area contributed by atoms with Crippen LogP contribution in [0.15, 0.2) is 11.4 Å². The van der Waals surface area contributed by atoms with Crippen molar-refractivity contribution < 1.29 is 4.74 Å². The van der Waals surface area contributed by atoms with Gasteiger partial charge in [-0.1, -0.05) is 13.8 Å². The molecule has 4 nitrogen and oxygen atoms in total. The van der Waals surface area contributed by atoms with E-state index in [1.165, 1.54) is 0 Å².